The van der Waals surface area contributed by atoms with Gasteiger partial charge in [-0.15, -0.1) is 11.3 Å². The van der Waals surface area contributed by atoms with E-state index in [4.69, 9.17) is 9.47 Å². The SMILES string of the molecule is Cc1csc(CNCC2CNNC2c2ccc3c(c2)OCO3)n1. The zero-order valence-corrected chi connectivity index (χ0v) is 13.8. The molecule has 7 heteroatoms. The molecule has 2 aliphatic heterocycles. The third-order valence-electron chi connectivity index (χ3n) is 4.20. The quantitative estimate of drug-likeness (QED) is 0.775. The van der Waals surface area contributed by atoms with E-state index in [0.717, 1.165) is 41.8 Å². The fourth-order valence-electron chi connectivity index (χ4n) is 3.04. The number of nitrogens with one attached hydrogen (secondary N) is 3. The first kappa shape index (κ1) is 14.9. The van der Waals surface area contributed by atoms with Crippen LogP contribution in [0, 0.1) is 12.8 Å². The molecule has 23 heavy (non-hydrogen) atoms. The van der Waals surface area contributed by atoms with E-state index in [2.05, 4.69) is 38.7 Å². The maximum atomic E-state index is 5.48. The zero-order valence-electron chi connectivity index (χ0n) is 13.0. The van der Waals surface area contributed by atoms with E-state index < -0.39 is 0 Å². The minimum absolute atomic E-state index is 0.259. The first-order valence-corrected chi connectivity index (χ1v) is 8.67. The summed E-state index contributed by atoms with van der Waals surface area (Å²) in [6, 6.07) is 6.43. The van der Waals surface area contributed by atoms with Crippen LogP contribution < -0.4 is 25.6 Å². The fourth-order valence-corrected chi connectivity index (χ4v) is 3.78. The molecule has 0 spiro atoms. The van der Waals surface area contributed by atoms with Crippen LogP contribution in [0.1, 0.15) is 22.3 Å². The molecule has 0 radical (unpaired) electrons. The maximum Gasteiger partial charge on any atom is 0.231 e. The lowest BCUT2D eigenvalue weighted by Crippen LogP contribution is -2.28. The number of aryl methyl sites for hydroxylation is 1. The van der Waals surface area contributed by atoms with Crippen molar-refractivity contribution >= 4 is 11.3 Å². The van der Waals surface area contributed by atoms with Crippen molar-refractivity contribution in [2.75, 3.05) is 19.9 Å². The molecule has 3 N–H and O–H groups in total. The van der Waals surface area contributed by atoms with E-state index in [9.17, 15) is 0 Å². The topological polar surface area (TPSA) is 67.4 Å². The molecule has 1 aromatic heterocycles. The highest BCUT2D eigenvalue weighted by Crippen LogP contribution is 2.36. The van der Waals surface area contributed by atoms with Gasteiger partial charge in [0, 0.05) is 36.6 Å². The number of benzene rings is 1. The van der Waals surface area contributed by atoms with Gasteiger partial charge in [0.25, 0.3) is 0 Å². The van der Waals surface area contributed by atoms with E-state index in [1.807, 2.05) is 13.0 Å². The summed E-state index contributed by atoms with van der Waals surface area (Å²) in [5.41, 5.74) is 8.94. The highest BCUT2D eigenvalue weighted by atomic mass is 32.1. The predicted octanol–water partition coefficient (Wildman–Crippen LogP) is 1.74. The van der Waals surface area contributed by atoms with Crippen molar-refractivity contribution in [1.29, 1.82) is 0 Å². The Morgan fingerprint density at radius 2 is 2.26 bits per heavy atom. The van der Waals surface area contributed by atoms with Gasteiger partial charge in [0.15, 0.2) is 11.5 Å². The van der Waals surface area contributed by atoms with Crippen molar-refractivity contribution in [1.82, 2.24) is 21.2 Å². The van der Waals surface area contributed by atoms with Crippen LogP contribution in [0.5, 0.6) is 11.5 Å². The van der Waals surface area contributed by atoms with Crippen LogP contribution in [-0.4, -0.2) is 24.9 Å². The molecular weight excluding hydrogens is 312 g/mol. The van der Waals surface area contributed by atoms with Crippen LogP contribution >= 0.6 is 11.3 Å². The zero-order chi connectivity index (χ0) is 15.6. The van der Waals surface area contributed by atoms with Crippen molar-refractivity contribution in [2.45, 2.75) is 19.5 Å². The average molecular weight is 332 g/mol. The second-order valence-electron chi connectivity index (χ2n) is 5.89. The molecule has 2 aliphatic rings. The Kier molecular flexibility index (Phi) is 4.17. The number of hydrazine groups is 1. The van der Waals surface area contributed by atoms with Crippen molar-refractivity contribution in [3.05, 3.63) is 39.8 Å². The van der Waals surface area contributed by atoms with Crippen molar-refractivity contribution < 1.29 is 9.47 Å². The van der Waals surface area contributed by atoms with Gasteiger partial charge < -0.3 is 14.8 Å². The Balaban J connectivity index is 1.38. The van der Waals surface area contributed by atoms with Gasteiger partial charge in [-0.25, -0.2) is 10.4 Å². The predicted molar refractivity (Wildman–Crippen MR) is 88.5 cm³/mol. The van der Waals surface area contributed by atoms with E-state index in [0.29, 0.717) is 12.7 Å². The van der Waals surface area contributed by atoms with Gasteiger partial charge in [-0.3, -0.25) is 5.43 Å². The molecular formula is C16H20N4O2S. The van der Waals surface area contributed by atoms with Crippen molar-refractivity contribution in [3.63, 3.8) is 0 Å². The van der Waals surface area contributed by atoms with Crippen LogP contribution in [-0.2, 0) is 6.54 Å². The van der Waals surface area contributed by atoms with Crippen LogP contribution in [0.15, 0.2) is 23.6 Å². The number of nitrogens with zero attached hydrogens (tertiary/aromatic N) is 1. The monoisotopic (exact) mass is 332 g/mol. The summed E-state index contributed by atoms with van der Waals surface area (Å²) < 4.78 is 10.9. The summed E-state index contributed by atoms with van der Waals surface area (Å²) >= 11 is 1.71. The molecule has 0 bridgehead atoms. The third kappa shape index (κ3) is 3.18. The van der Waals surface area contributed by atoms with Crippen LogP contribution in [0.25, 0.3) is 0 Å². The average Bonchev–Trinajstić information content (AvgIpc) is 3.27. The molecule has 2 aromatic rings. The summed E-state index contributed by atoms with van der Waals surface area (Å²) in [4.78, 5) is 4.49. The largest absolute Gasteiger partial charge is 0.454 e. The maximum absolute atomic E-state index is 5.48. The van der Waals surface area contributed by atoms with Gasteiger partial charge in [-0.05, 0) is 24.6 Å². The normalized spacial score (nSPS) is 22.7. The lowest BCUT2D eigenvalue weighted by Gasteiger charge is -2.19. The van der Waals surface area contributed by atoms with Crippen molar-refractivity contribution in [3.8, 4) is 11.5 Å². The van der Waals surface area contributed by atoms with Gasteiger partial charge >= 0.3 is 0 Å². The van der Waals surface area contributed by atoms with Crippen LogP contribution in [0.4, 0.5) is 0 Å². The van der Waals surface area contributed by atoms with Crippen LogP contribution in [0.2, 0.25) is 0 Å². The molecule has 0 saturated carbocycles. The number of thiazole rings is 1. The molecule has 6 nitrogen and oxygen atoms in total. The Morgan fingerprint density at radius 1 is 1.35 bits per heavy atom. The summed E-state index contributed by atoms with van der Waals surface area (Å²) in [6.07, 6.45) is 0. The minimum Gasteiger partial charge on any atom is -0.454 e. The lowest BCUT2D eigenvalue weighted by molar-refractivity contribution is 0.174. The van der Waals surface area contributed by atoms with Gasteiger partial charge in [0.1, 0.15) is 5.01 Å². The summed E-state index contributed by atoms with van der Waals surface area (Å²) in [6.45, 7) is 5.03. The van der Waals surface area contributed by atoms with Gasteiger partial charge in [0.2, 0.25) is 6.79 Å². The Bertz CT molecular complexity index is 690. The molecule has 4 rings (SSSR count). The number of aromatic nitrogens is 1. The molecule has 122 valence electrons. The molecule has 1 saturated heterocycles. The summed E-state index contributed by atoms with van der Waals surface area (Å²) in [5, 5.41) is 6.75. The van der Waals surface area contributed by atoms with E-state index in [1.165, 1.54) is 5.56 Å². The smallest absolute Gasteiger partial charge is 0.231 e. The number of rotatable bonds is 5. The number of ether oxygens (including phenoxy) is 2. The van der Waals surface area contributed by atoms with Gasteiger partial charge in [0.05, 0.1) is 6.04 Å². The van der Waals surface area contributed by atoms with Crippen molar-refractivity contribution in [2.24, 2.45) is 5.92 Å². The first-order chi connectivity index (χ1) is 11.3. The summed E-state index contributed by atoms with van der Waals surface area (Å²) in [7, 11) is 0. The standard InChI is InChI=1S/C16H20N4O2S/c1-10-8-23-15(19-10)7-17-5-12-6-18-20-16(12)11-2-3-13-14(4-11)22-9-21-13/h2-4,8,12,16-18,20H,5-7,9H2,1H3. The number of hydrogen-bond acceptors (Lipinski definition) is 7. The van der Waals surface area contributed by atoms with E-state index >= 15 is 0 Å². The second-order valence-corrected chi connectivity index (χ2v) is 6.83. The highest BCUT2D eigenvalue weighted by Gasteiger charge is 2.29. The van der Waals surface area contributed by atoms with E-state index in [-0.39, 0.29) is 6.04 Å². The molecule has 2 atom stereocenters. The molecule has 0 aliphatic carbocycles. The molecule has 3 heterocycles. The van der Waals surface area contributed by atoms with E-state index in [1.54, 1.807) is 11.3 Å². The third-order valence-corrected chi connectivity index (χ3v) is 5.16. The Morgan fingerprint density at radius 3 is 3.13 bits per heavy atom. The Labute approximate surface area is 139 Å². The molecule has 0 amide bonds. The number of hydrogen-bond donors (Lipinski definition) is 3. The molecule has 1 aromatic carbocycles. The minimum atomic E-state index is 0.259. The molecule has 1 fully saturated rings. The van der Waals surface area contributed by atoms with Crippen LogP contribution in [0.3, 0.4) is 0 Å². The first-order valence-electron chi connectivity index (χ1n) is 7.79. The summed E-state index contributed by atoms with van der Waals surface area (Å²) in [5.74, 6) is 2.13. The number of fused-ring (bicyclic) bond motifs is 1. The fraction of sp³-hybridized carbons (Fsp3) is 0.438. The van der Waals surface area contributed by atoms with Gasteiger partial charge in [-0.2, -0.15) is 0 Å². The molecule has 2 unspecified atom stereocenters. The second kappa shape index (κ2) is 6.45. The lowest BCUT2D eigenvalue weighted by atomic mass is 9.94. The van der Waals surface area contributed by atoms with Gasteiger partial charge in [-0.1, -0.05) is 6.07 Å². The Hall–Kier alpha value is -1.67. The highest BCUT2D eigenvalue weighted by molar-refractivity contribution is 7.09.